The van der Waals surface area contributed by atoms with Crippen LogP contribution >= 0.6 is 0 Å². The molecule has 0 aromatic heterocycles. The molecule has 5 aliphatic heterocycles. The lowest BCUT2D eigenvalue weighted by Crippen LogP contribution is -2.64. The Kier molecular flexibility index (Phi) is 29.9. The van der Waals surface area contributed by atoms with Gasteiger partial charge in [0, 0.05) is 67.8 Å². The second-order valence-electron chi connectivity index (χ2n) is 30.2. The van der Waals surface area contributed by atoms with Gasteiger partial charge in [0.05, 0.1) is 12.2 Å². The predicted octanol–water partition coefficient (Wildman–Crippen LogP) is 2.33. The van der Waals surface area contributed by atoms with Crippen molar-refractivity contribution < 1.29 is 77.3 Å². The summed E-state index contributed by atoms with van der Waals surface area (Å²) in [6, 6.07) is -6.56. The standard InChI is InChI=1S/C74H118N12O16/c1-19-44(9)56-69(96)83-36-26-24-32-50(83)62(89)75-46(11)65(92)85-39-29-35-52(85)66(93)81(17)60(47(12)87)64(91)76-55(41(3)4)68(95)82(18)61(48(13)88)71(98)79(15)57(42(5)6)70(97)80(16)59(45(10)20-2)73(100)86-37-27-25-33-53(86)74(101)102-54(40-49-30-22-21-23-31-49)67(94)78(14)58(43(7)8)72(99)84-38-28-34-51(84)63(90)77-56/h21-23,30-31,41-48,50-61,87-88H,19-20,24-29,32-40H2,1-18H3,(H,75,89)(H,76,91)(H,77,90)/t44-,45?,46-,47?,48?,50-,51-,52-,53-,54+,55-,56-,57-,58-,59-,60-,61-/m0/s1. The molecule has 0 saturated carbocycles. The van der Waals surface area contributed by atoms with Crippen LogP contribution in [0.4, 0.5) is 0 Å². The van der Waals surface area contributed by atoms with Gasteiger partial charge in [0.15, 0.2) is 6.10 Å². The number of likely N-dealkylation sites (N-methyl/N-ethyl adjacent to an activating group) is 5. The van der Waals surface area contributed by atoms with Gasteiger partial charge in [-0.1, -0.05) is 112 Å². The van der Waals surface area contributed by atoms with Crippen LogP contribution in [-0.4, -0.2) is 283 Å². The first-order valence-corrected chi connectivity index (χ1v) is 37.0. The fourth-order valence-electron chi connectivity index (χ4n) is 15.6. The summed E-state index contributed by atoms with van der Waals surface area (Å²) in [6.45, 7) is 21.9. The summed E-state index contributed by atoms with van der Waals surface area (Å²) < 4.78 is 6.33. The van der Waals surface area contributed by atoms with Gasteiger partial charge in [0.2, 0.25) is 65.0 Å². The Hall–Kier alpha value is -7.75. The third-order valence-corrected chi connectivity index (χ3v) is 21.8. The van der Waals surface area contributed by atoms with Crippen molar-refractivity contribution in [1.82, 2.24) is 60.0 Å². The molecule has 5 aliphatic rings. The normalized spacial score (nSPS) is 30.1. The number of amides is 12. The van der Waals surface area contributed by atoms with Gasteiger partial charge < -0.3 is 75.0 Å². The van der Waals surface area contributed by atoms with Crippen LogP contribution in [0.15, 0.2) is 30.3 Å². The Morgan fingerprint density at radius 2 is 0.814 bits per heavy atom. The van der Waals surface area contributed by atoms with Gasteiger partial charge in [0.1, 0.15) is 72.5 Å². The molecule has 570 valence electrons. The number of benzene rings is 1. The highest BCUT2D eigenvalue weighted by Crippen LogP contribution is 2.31. The fourth-order valence-corrected chi connectivity index (χ4v) is 15.6. The Morgan fingerprint density at radius 3 is 1.34 bits per heavy atom. The number of nitrogens with one attached hydrogen (secondary N) is 3. The number of carbonyl (C=O) groups is 13. The van der Waals surface area contributed by atoms with Crippen molar-refractivity contribution in [1.29, 1.82) is 0 Å². The van der Waals surface area contributed by atoms with Crippen LogP contribution in [0.1, 0.15) is 173 Å². The number of nitrogens with zero attached hydrogens (tertiary/aromatic N) is 9. The molecule has 0 aliphatic carbocycles. The number of ether oxygens (including phenoxy) is 1. The summed E-state index contributed by atoms with van der Waals surface area (Å²) in [5.74, 6) is -12.2. The van der Waals surface area contributed by atoms with Gasteiger partial charge >= 0.3 is 5.97 Å². The largest absolute Gasteiger partial charge is 0.450 e. The highest BCUT2D eigenvalue weighted by molar-refractivity contribution is 6.01. The first-order valence-electron chi connectivity index (χ1n) is 37.0. The van der Waals surface area contributed by atoms with E-state index in [9.17, 15) is 39.0 Å². The van der Waals surface area contributed by atoms with Crippen LogP contribution in [0.3, 0.4) is 0 Å². The van der Waals surface area contributed by atoms with Crippen LogP contribution in [-0.2, 0) is 73.5 Å². The molecule has 0 bridgehead atoms. The molecule has 1 aromatic rings. The predicted molar refractivity (Wildman–Crippen MR) is 379 cm³/mol. The maximum Gasteiger partial charge on any atom is 0.329 e. The molecule has 0 spiro atoms. The van der Waals surface area contributed by atoms with Gasteiger partial charge in [0.25, 0.3) is 5.91 Å². The molecular formula is C74H118N12O16. The summed E-state index contributed by atoms with van der Waals surface area (Å²) in [6.07, 6.45) is -0.392. The van der Waals surface area contributed by atoms with Crippen molar-refractivity contribution in [2.45, 2.75) is 264 Å². The van der Waals surface area contributed by atoms with Crippen molar-refractivity contribution >= 4 is 76.9 Å². The maximum absolute atomic E-state index is 15.5. The van der Waals surface area contributed by atoms with E-state index in [2.05, 4.69) is 16.0 Å². The Morgan fingerprint density at radius 1 is 0.402 bits per heavy atom. The molecule has 28 heteroatoms. The van der Waals surface area contributed by atoms with Crippen molar-refractivity contribution in [2.75, 3.05) is 61.4 Å². The first-order chi connectivity index (χ1) is 48.0. The third-order valence-electron chi connectivity index (χ3n) is 21.8. The van der Waals surface area contributed by atoms with Crippen molar-refractivity contribution in [3.05, 3.63) is 35.9 Å². The number of piperidine rings is 2. The minimum atomic E-state index is -1.67. The van der Waals surface area contributed by atoms with Crippen LogP contribution in [0.25, 0.3) is 0 Å². The minimum absolute atomic E-state index is 0.0803. The van der Waals surface area contributed by atoms with Crippen molar-refractivity contribution in [3.8, 4) is 0 Å². The zero-order valence-electron chi connectivity index (χ0n) is 63.6. The van der Waals surface area contributed by atoms with E-state index in [0.717, 1.165) is 14.7 Å². The van der Waals surface area contributed by atoms with Crippen LogP contribution in [0, 0.1) is 29.6 Å². The molecule has 102 heavy (non-hydrogen) atoms. The highest BCUT2D eigenvalue weighted by atomic mass is 16.6. The summed E-state index contributed by atoms with van der Waals surface area (Å²) in [4.78, 5) is 206. The van der Waals surface area contributed by atoms with Gasteiger partial charge in [-0.15, -0.1) is 0 Å². The summed E-state index contributed by atoms with van der Waals surface area (Å²) in [5, 5.41) is 31.2. The zero-order valence-corrected chi connectivity index (χ0v) is 63.6. The van der Waals surface area contributed by atoms with E-state index in [-0.39, 0.29) is 58.3 Å². The Balaban J connectivity index is 1.43. The van der Waals surface area contributed by atoms with Crippen molar-refractivity contribution in [3.63, 3.8) is 0 Å². The molecule has 5 heterocycles. The van der Waals surface area contributed by atoms with E-state index < -0.39 is 197 Å². The quantitative estimate of drug-likeness (QED) is 0.199. The molecule has 5 fully saturated rings. The van der Waals surface area contributed by atoms with E-state index in [0.29, 0.717) is 56.9 Å². The lowest BCUT2D eigenvalue weighted by Gasteiger charge is -2.43. The maximum atomic E-state index is 15.5. The van der Waals surface area contributed by atoms with E-state index in [1.54, 1.807) is 85.7 Å². The van der Waals surface area contributed by atoms with E-state index in [4.69, 9.17) is 4.74 Å². The molecule has 17 atom stereocenters. The Bertz CT molecular complexity index is 3170. The number of carbonyl (C=O) groups excluding carboxylic acids is 13. The number of aliphatic hydroxyl groups is 2. The smallest absolute Gasteiger partial charge is 0.329 e. The average molecular weight is 1430 g/mol. The summed E-state index contributed by atoms with van der Waals surface area (Å²) in [5.41, 5.74) is 0.621. The number of hydrogen-bond donors (Lipinski definition) is 5. The lowest BCUT2D eigenvalue weighted by molar-refractivity contribution is -0.171. The van der Waals surface area contributed by atoms with Gasteiger partial charge in [-0.25, -0.2) is 4.79 Å². The van der Waals surface area contributed by atoms with Crippen molar-refractivity contribution in [2.24, 2.45) is 29.6 Å². The first kappa shape index (κ1) is 83.2. The minimum Gasteiger partial charge on any atom is -0.450 e. The molecular weight excluding hydrogens is 1310 g/mol. The molecule has 1 aromatic carbocycles. The van der Waals surface area contributed by atoms with Crippen LogP contribution < -0.4 is 16.0 Å². The summed E-state index contributed by atoms with van der Waals surface area (Å²) in [7, 11) is 6.79. The van der Waals surface area contributed by atoms with Gasteiger partial charge in [-0.3, -0.25) is 57.5 Å². The second kappa shape index (κ2) is 36.6. The monoisotopic (exact) mass is 1430 g/mol. The van der Waals surface area contributed by atoms with E-state index >= 15 is 33.6 Å². The molecule has 6 rings (SSSR count). The molecule has 28 nitrogen and oxygen atoms in total. The van der Waals surface area contributed by atoms with Gasteiger partial charge in [-0.2, -0.15) is 0 Å². The molecule has 3 unspecified atom stereocenters. The average Bonchev–Trinajstić information content (AvgIpc) is 1.01. The van der Waals surface area contributed by atoms with E-state index in [1.165, 1.54) is 85.4 Å². The highest BCUT2D eigenvalue weighted by Gasteiger charge is 2.50. The number of esters is 1. The van der Waals surface area contributed by atoms with Crippen LogP contribution in [0.2, 0.25) is 0 Å². The second-order valence-corrected chi connectivity index (χ2v) is 30.2. The third kappa shape index (κ3) is 18.8. The number of aliphatic hydroxyl groups excluding tert-OH is 2. The molecule has 5 N–H and O–H groups in total. The molecule has 0 radical (unpaired) electrons. The number of cyclic esters (lactones) is 1. The van der Waals surface area contributed by atoms with Crippen LogP contribution in [0.5, 0.6) is 0 Å². The Labute approximate surface area is 603 Å². The van der Waals surface area contributed by atoms with Gasteiger partial charge in [-0.05, 0) is 120 Å². The fraction of sp³-hybridized carbons (Fsp3) is 0.743. The SMILES string of the molecule is CCC(C)[C@H]1C(=O)N2CCCC[C@H]2C(=O)O[C@H](Cc2ccccc2)C(=O)N(C)[C@@H](C(C)C)C(=O)N2CCC[C@H]2C(=O)N[C@@H]([C@@H](C)CC)C(=O)N2CCCC[C@H]2C(=O)N[C@@H](C)C(=O)N2CCC[C@H]2C(=O)N(C)[C@@H](C(C)O)C(=O)N[C@@H](C(C)C)C(=O)N(C)[C@@H](C(C)O)C(=O)N(C)[C@@H](C(C)C)C(=O)N1C. The summed E-state index contributed by atoms with van der Waals surface area (Å²) >= 11 is 0. The molecule has 5 saturated heterocycles. The van der Waals surface area contributed by atoms with E-state index in [1.807, 2.05) is 13.8 Å². The zero-order chi connectivity index (χ0) is 76.2. The molecule has 12 amide bonds. The number of fused-ring (bicyclic) bond motifs is 4. The number of hydrogen-bond acceptors (Lipinski definition) is 16. The number of rotatable bonds is 11. The topological polar surface area (TPSA) is 337 Å². The lowest BCUT2D eigenvalue weighted by atomic mass is 9.92.